The van der Waals surface area contributed by atoms with E-state index in [0.717, 1.165) is 15.2 Å². The van der Waals surface area contributed by atoms with Crippen molar-refractivity contribution in [1.29, 1.82) is 0 Å². The fourth-order valence-corrected chi connectivity index (χ4v) is 0. The van der Waals surface area contributed by atoms with Crippen LogP contribution in [0.1, 0.15) is 0 Å². The largest absolute Gasteiger partial charge is 0.373 e. The molecular formula is C2H6AlN3. The van der Waals surface area contributed by atoms with Crippen LogP contribution in [0.15, 0.2) is 0 Å². The van der Waals surface area contributed by atoms with E-state index in [9.17, 15) is 0 Å². The first-order chi connectivity index (χ1) is 2.83. The first kappa shape index (κ1) is 9.28. The van der Waals surface area contributed by atoms with Gasteiger partial charge in [-0.05, 0) is 0 Å². The Morgan fingerprint density at radius 3 is 1.33 bits per heavy atom. The fourth-order valence-electron chi connectivity index (χ4n) is 0. The molecule has 0 radical (unpaired) electrons. The van der Waals surface area contributed by atoms with Crippen LogP contribution in [0.3, 0.4) is 0 Å². The summed E-state index contributed by atoms with van der Waals surface area (Å²) in [5.74, 6) is 4.42. The summed E-state index contributed by atoms with van der Waals surface area (Å²) in [6, 6.07) is 0. The van der Waals surface area contributed by atoms with E-state index < -0.39 is 0 Å². The van der Waals surface area contributed by atoms with E-state index in [1.807, 2.05) is 0 Å². The van der Waals surface area contributed by atoms with Crippen LogP contribution in [0.5, 0.6) is 0 Å². The summed E-state index contributed by atoms with van der Waals surface area (Å²) in [5.41, 5.74) is 13.5. The van der Waals surface area contributed by atoms with Gasteiger partial charge in [-0.1, -0.05) is 0 Å². The summed E-state index contributed by atoms with van der Waals surface area (Å²) in [5, 5.41) is 0. The molecule has 0 saturated carbocycles. The Hall–Kier alpha value is -0.158. The Morgan fingerprint density at radius 1 is 1.33 bits per heavy atom. The minimum absolute atomic E-state index is 0.750. The van der Waals surface area contributed by atoms with Crippen LogP contribution < -0.4 is 0 Å². The minimum Gasteiger partial charge on any atom is -0.373 e. The van der Waals surface area contributed by atoms with Gasteiger partial charge in [0.25, 0.3) is 0 Å². The molecule has 0 bridgehead atoms. The van der Waals surface area contributed by atoms with E-state index >= 15 is 0 Å². The van der Waals surface area contributed by atoms with Gasteiger partial charge in [-0.15, -0.1) is 0 Å². The second kappa shape index (κ2) is 21.1. The summed E-state index contributed by atoms with van der Waals surface area (Å²) < 4.78 is 0. The number of hydrogen-bond acceptors (Lipinski definition) is 0. The van der Waals surface area contributed by atoms with Gasteiger partial charge >= 0.3 is 26.8 Å². The van der Waals surface area contributed by atoms with Crippen LogP contribution >= 0.6 is 0 Å². The van der Waals surface area contributed by atoms with Crippen molar-refractivity contribution in [3.8, 4) is 0 Å². The Labute approximate surface area is 43.5 Å². The standard InChI is InChI=1S/2CH3.Al.N3/c;;;1-3-2/h2*1H3;;/q;;+1;-1. The SMILES string of the molecule is [CH3][Al+][CH3].[N-]=[N+]=[N-]. The van der Waals surface area contributed by atoms with Gasteiger partial charge in [-0.2, -0.15) is 0 Å². The molecule has 0 saturated heterocycles. The third kappa shape index (κ3) is 1250. The van der Waals surface area contributed by atoms with Gasteiger partial charge in [0.2, 0.25) is 0 Å². The predicted octanol–water partition coefficient (Wildman–Crippen LogP) is 1.65. The zero-order valence-electron chi connectivity index (χ0n) is 3.92. The molecule has 0 amide bonds. The van der Waals surface area contributed by atoms with E-state index in [1.54, 1.807) is 0 Å². The third-order valence-corrected chi connectivity index (χ3v) is 0. The van der Waals surface area contributed by atoms with Crippen LogP contribution in [-0.4, -0.2) is 15.2 Å². The topological polar surface area (TPSA) is 58.7 Å². The van der Waals surface area contributed by atoms with Gasteiger partial charge in [0, 0.05) is 0 Å². The molecule has 0 fully saturated rings. The monoisotopic (exact) mass is 99.0 g/mol. The second-order valence-corrected chi connectivity index (χ2v) is 1.82. The van der Waals surface area contributed by atoms with Gasteiger partial charge in [-0.25, -0.2) is 0 Å². The Morgan fingerprint density at radius 2 is 1.33 bits per heavy atom. The molecule has 0 heterocycles. The molecule has 4 heteroatoms. The molecule has 0 aliphatic heterocycles. The van der Waals surface area contributed by atoms with Crippen LogP contribution in [0.2, 0.25) is 11.6 Å². The molecule has 0 atom stereocenters. The second-order valence-electron chi connectivity index (χ2n) is 0.667. The summed E-state index contributed by atoms with van der Waals surface area (Å²) >= 11 is 0.750. The molecular weight excluding hydrogens is 93.0 g/mol. The van der Waals surface area contributed by atoms with Crippen LogP contribution in [0.25, 0.3) is 16.0 Å². The fraction of sp³-hybridized carbons (Fsp3) is 1.00. The summed E-state index contributed by atoms with van der Waals surface area (Å²) in [4.78, 5) is 1.50. The normalized spacial score (nSPS) is 3.00. The van der Waals surface area contributed by atoms with E-state index in [4.69, 9.17) is 11.1 Å². The maximum atomic E-state index is 6.75. The van der Waals surface area contributed by atoms with Crippen molar-refractivity contribution in [2.45, 2.75) is 11.6 Å². The van der Waals surface area contributed by atoms with Crippen molar-refractivity contribution in [3.05, 3.63) is 16.0 Å². The van der Waals surface area contributed by atoms with E-state index in [1.165, 1.54) is 4.91 Å². The van der Waals surface area contributed by atoms with Crippen molar-refractivity contribution in [1.82, 2.24) is 0 Å². The smallest absolute Gasteiger partial charge is 0.255 e. The Balaban J connectivity index is 0. The Kier molecular flexibility index (Phi) is 32.6. The molecule has 0 aromatic heterocycles. The van der Waals surface area contributed by atoms with E-state index in [-0.39, 0.29) is 0 Å². The summed E-state index contributed by atoms with van der Waals surface area (Å²) in [7, 11) is 0. The predicted molar refractivity (Wildman–Crippen MR) is 27.6 cm³/mol. The molecule has 3 nitrogen and oxygen atoms in total. The van der Waals surface area contributed by atoms with Crippen LogP contribution in [0.4, 0.5) is 0 Å². The van der Waals surface area contributed by atoms with Gasteiger partial charge in [-0.3, -0.25) is 4.91 Å². The Bertz CT molecular complexity index is 38.1. The number of rotatable bonds is 0. The molecule has 6 heavy (non-hydrogen) atoms. The van der Waals surface area contributed by atoms with Crippen molar-refractivity contribution < 1.29 is 0 Å². The molecule has 0 aromatic carbocycles. The quantitative estimate of drug-likeness (QED) is 0.192. The van der Waals surface area contributed by atoms with Gasteiger partial charge in [0.05, 0.1) is 0 Å². The van der Waals surface area contributed by atoms with Gasteiger partial charge in [0.1, 0.15) is 0 Å². The zero-order chi connectivity index (χ0) is 5.41. The number of nitrogens with zero attached hydrogens (tertiary/aromatic N) is 3. The minimum atomic E-state index is 0.750. The molecule has 0 N–H and O–H groups in total. The molecule has 0 unspecified atom stereocenters. The van der Waals surface area contributed by atoms with Gasteiger partial charge < -0.3 is 11.1 Å². The average molecular weight is 99.1 g/mol. The van der Waals surface area contributed by atoms with Crippen molar-refractivity contribution >= 4 is 15.2 Å². The molecule has 0 aromatic rings. The first-order valence-corrected chi connectivity index (χ1v) is 3.86. The average Bonchev–Trinajstić information content (AvgIpc) is 1.39. The maximum Gasteiger partial charge on any atom is -0.255 e. The molecule has 0 aliphatic rings. The first-order valence-electron chi connectivity index (χ1n) is 1.55. The van der Waals surface area contributed by atoms with Crippen molar-refractivity contribution in [2.24, 2.45) is 0 Å². The summed E-state index contributed by atoms with van der Waals surface area (Å²) in [6.45, 7) is 0. The molecule has 32 valence electrons. The molecule has 0 spiro atoms. The maximum absolute atomic E-state index is 6.75. The van der Waals surface area contributed by atoms with Crippen molar-refractivity contribution in [3.63, 3.8) is 0 Å². The van der Waals surface area contributed by atoms with Crippen LogP contribution in [0, 0.1) is 0 Å². The molecule has 0 aliphatic carbocycles. The van der Waals surface area contributed by atoms with E-state index in [2.05, 4.69) is 11.6 Å². The molecule has 0 rings (SSSR count). The number of hydrogen-bond donors (Lipinski definition) is 0. The van der Waals surface area contributed by atoms with E-state index in [0.29, 0.717) is 0 Å². The van der Waals surface area contributed by atoms with Gasteiger partial charge in [0.15, 0.2) is 0 Å². The van der Waals surface area contributed by atoms with Crippen LogP contribution in [-0.2, 0) is 0 Å². The van der Waals surface area contributed by atoms with Crippen molar-refractivity contribution in [2.75, 3.05) is 0 Å². The zero-order valence-corrected chi connectivity index (χ0v) is 5.07. The third-order valence-electron chi connectivity index (χ3n) is 0. The summed E-state index contributed by atoms with van der Waals surface area (Å²) in [6.07, 6.45) is 0.